The van der Waals surface area contributed by atoms with Gasteiger partial charge in [-0.25, -0.2) is 0 Å². The summed E-state index contributed by atoms with van der Waals surface area (Å²) in [5.41, 5.74) is 0. The third kappa shape index (κ3) is 0.399. The molecule has 2 aliphatic rings. The van der Waals surface area contributed by atoms with Crippen molar-refractivity contribution in [2.45, 2.75) is 6.42 Å². The topological polar surface area (TPSA) is 29.1 Å². The number of carbonyl (C=O) groups is 1. The molecular formula is C6H6NO. The van der Waals surface area contributed by atoms with Crippen LogP contribution in [0.5, 0.6) is 0 Å². The quantitative estimate of drug-likeness (QED) is 0.472. The summed E-state index contributed by atoms with van der Waals surface area (Å²) in [4.78, 5) is 10.6. The van der Waals surface area contributed by atoms with Crippen LogP contribution in [0.4, 0.5) is 0 Å². The predicted octanol–water partition coefficient (Wildman–Crippen LogP) is 0.224. The smallest absolute Gasteiger partial charge is 0.231 e. The fourth-order valence-corrected chi connectivity index (χ4v) is 0.956. The summed E-state index contributed by atoms with van der Waals surface area (Å²) < 4.78 is 0. The normalized spacial score (nSPS) is 34.0. The maximum Gasteiger partial charge on any atom is 0.231 e. The minimum atomic E-state index is 0.123. The molecule has 0 aromatic heterocycles. The molecule has 1 atom stereocenters. The molecule has 2 rings (SSSR count). The van der Waals surface area contributed by atoms with Gasteiger partial charge in [0.15, 0.2) is 0 Å². The lowest BCUT2D eigenvalue weighted by atomic mass is 10.2. The van der Waals surface area contributed by atoms with Gasteiger partial charge in [-0.05, 0) is 12.3 Å². The summed E-state index contributed by atoms with van der Waals surface area (Å²) in [7, 11) is 0. The fourth-order valence-electron chi connectivity index (χ4n) is 0.956. The molecule has 0 spiro atoms. The zero-order valence-corrected chi connectivity index (χ0v) is 4.35. The molecule has 41 valence electrons. The third-order valence-corrected chi connectivity index (χ3v) is 1.56. The van der Waals surface area contributed by atoms with Crippen molar-refractivity contribution in [1.29, 1.82) is 0 Å². The van der Waals surface area contributed by atoms with E-state index < -0.39 is 0 Å². The van der Waals surface area contributed by atoms with Crippen LogP contribution in [-0.4, -0.2) is 5.91 Å². The molecular weight excluding hydrogens is 102 g/mol. The lowest BCUT2D eigenvalue weighted by molar-refractivity contribution is -0.117. The molecule has 8 heavy (non-hydrogen) atoms. The summed E-state index contributed by atoms with van der Waals surface area (Å²) in [6.07, 6.45) is 4.74. The van der Waals surface area contributed by atoms with Crippen LogP contribution in [0.1, 0.15) is 6.42 Å². The number of fused-ring (bicyclic) bond motifs is 1. The first kappa shape index (κ1) is 4.13. The van der Waals surface area contributed by atoms with E-state index in [0.29, 0.717) is 5.92 Å². The van der Waals surface area contributed by atoms with E-state index in [1.54, 1.807) is 6.20 Å². The van der Waals surface area contributed by atoms with Gasteiger partial charge in [-0.1, -0.05) is 6.08 Å². The molecule has 1 unspecified atom stereocenters. The van der Waals surface area contributed by atoms with Crippen LogP contribution in [0.3, 0.4) is 0 Å². The van der Waals surface area contributed by atoms with Crippen LogP contribution in [0.15, 0.2) is 12.3 Å². The molecule has 0 aromatic rings. The molecule has 1 N–H and O–H groups in total. The Kier molecular flexibility index (Phi) is 0.583. The van der Waals surface area contributed by atoms with Gasteiger partial charge in [0.25, 0.3) is 0 Å². The van der Waals surface area contributed by atoms with E-state index in [9.17, 15) is 4.79 Å². The van der Waals surface area contributed by atoms with Gasteiger partial charge in [0.1, 0.15) is 0 Å². The van der Waals surface area contributed by atoms with E-state index >= 15 is 0 Å². The first-order valence-corrected chi connectivity index (χ1v) is 2.71. The Morgan fingerprint density at radius 2 is 2.62 bits per heavy atom. The minimum absolute atomic E-state index is 0.123. The highest BCUT2D eigenvalue weighted by molar-refractivity contribution is 5.96. The second-order valence-electron chi connectivity index (χ2n) is 2.17. The molecule has 0 bridgehead atoms. The largest absolute Gasteiger partial charge is 0.332 e. The number of rotatable bonds is 0. The maximum atomic E-state index is 10.6. The molecule has 1 saturated carbocycles. The monoisotopic (exact) mass is 108 g/mol. The number of allylic oxidation sites excluding steroid dienone is 1. The van der Waals surface area contributed by atoms with Crippen molar-refractivity contribution in [3.8, 4) is 0 Å². The molecule has 1 aliphatic carbocycles. The van der Waals surface area contributed by atoms with E-state index in [2.05, 4.69) is 5.32 Å². The number of nitrogens with one attached hydrogen (secondary N) is 1. The van der Waals surface area contributed by atoms with Crippen LogP contribution in [0.25, 0.3) is 0 Å². The van der Waals surface area contributed by atoms with Crippen LogP contribution in [0.2, 0.25) is 0 Å². The zero-order chi connectivity index (χ0) is 5.56. The van der Waals surface area contributed by atoms with Crippen molar-refractivity contribution in [2.24, 2.45) is 5.92 Å². The van der Waals surface area contributed by atoms with Gasteiger partial charge in [0, 0.05) is 6.20 Å². The average Bonchev–Trinajstić information content (AvgIpc) is 2.45. The summed E-state index contributed by atoms with van der Waals surface area (Å²) in [6, 6.07) is 0. The lowest BCUT2D eigenvalue weighted by Crippen LogP contribution is -2.20. The minimum Gasteiger partial charge on any atom is -0.332 e. The highest BCUT2D eigenvalue weighted by Crippen LogP contribution is 2.43. The van der Waals surface area contributed by atoms with E-state index in [1.165, 1.54) is 0 Å². The Balaban J connectivity index is 2.25. The van der Waals surface area contributed by atoms with Crippen LogP contribution < -0.4 is 5.32 Å². The zero-order valence-electron chi connectivity index (χ0n) is 4.35. The molecule has 2 heteroatoms. The van der Waals surface area contributed by atoms with Crippen molar-refractivity contribution >= 4 is 5.91 Å². The van der Waals surface area contributed by atoms with Crippen LogP contribution >= 0.6 is 0 Å². The fraction of sp³-hybridized carbons (Fsp3) is 0.333. The second kappa shape index (κ2) is 1.13. The van der Waals surface area contributed by atoms with Gasteiger partial charge < -0.3 is 5.32 Å². The first-order chi connectivity index (χ1) is 3.88. The lowest BCUT2D eigenvalue weighted by Gasteiger charge is -1.99. The average molecular weight is 108 g/mol. The van der Waals surface area contributed by atoms with E-state index in [-0.39, 0.29) is 5.91 Å². The van der Waals surface area contributed by atoms with Crippen molar-refractivity contribution in [3.63, 3.8) is 0 Å². The SMILES string of the molecule is O=C1NC=CC2C[C]12. The molecule has 1 fully saturated rings. The summed E-state index contributed by atoms with van der Waals surface area (Å²) in [5.74, 6) is 1.67. The molecule has 1 radical (unpaired) electrons. The third-order valence-electron chi connectivity index (χ3n) is 1.56. The van der Waals surface area contributed by atoms with Gasteiger partial charge in [-0.2, -0.15) is 0 Å². The number of hydrogen-bond acceptors (Lipinski definition) is 1. The van der Waals surface area contributed by atoms with E-state index in [4.69, 9.17) is 0 Å². The Bertz CT molecular complexity index is 162. The number of hydrogen-bond donors (Lipinski definition) is 1. The first-order valence-electron chi connectivity index (χ1n) is 2.71. The van der Waals surface area contributed by atoms with Gasteiger partial charge in [0.05, 0.1) is 5.92 Å². The van der Waals surface area contributed by atoms with Gasteiger partial charge in [0.2, 0.25) is 5.91 Å². The summed E-state index contributed by atoms with van der Waals surface area (Å²) in [6.45, 7) is 0. The van der Waals surface area contributed by atoms with Crippen molar-refractivity contribution < 1.29 is 4.79 Å². The van der Waals surface area contributed by atoms with Crippen LogP contribution in [-0.2, 0) is 4.79 Å². The second-order valence-corrected chi connectivity index (χ2v) is 2.17. The molecule has 1 heterocycles. The van der Waals surface area contributed by atoms with Gasteiger partial charge in [-0.3, -0.25) is 4.79 Å². The van der Waals surface area contributed by atoms with Gasteiger partial charge in [-0.15, -0.1) is 0 Å². The van der Waals surface area contributed by atoms with Crippen molar-refractivity contribution in [3.05, 3.63) is 18.2 Å². The van der Waals surface area contributed by atoms with Crippen molar-refractivity contribution in [2.75, 3.05) is 0 Å². The number of carbonyl (C=O) groups excluding carboxylic acids is 1. The summed E-state index contributed by atoms with van der Waals surface area (Å²) >= 11 is 0. The molecule has 0 aromatic carbocycles. The van der Waals surface area contributed by atoms with E-state index in [1.807, 2.05) is 6.08 Å². The highest BCUT2D eigenvalue weighted by atomic mass is 16.2. The number of amides is 1. The van der Waals surface area contributed by atoms with E-state index in [0.717, 1.165) is 12.3 Å². The Morgan fingerprint density at radius 3 is 3.25 bits per heavy atom. The van der Waals surface area contributed by atoms with Gasteiger partial charge >= 0.3 is 0 Å². The Hall–Kier alpha value is -0.790. The maximum absolute atomic E-state index is 10.6. The molecule has 0 saturated heterocycles. The summed E-state index contributed by atoms with van der Waals surface area (Å²) in [5, 5.41) is 2.62. The highest BCUT2D eigenvalue weighted by Gasteiger charge is 2.43. The molecule has 1 amide bonds. The Labute approximate surface area is 47.6 Å². The van der Waals surface area contributed by atoms with Crippen molar-refractivity contribution in [1.82, 2.24) is 5.32 Å². The predicted molar refractivity (Wildman–Crippen MR) is 28.6 cm³/mol. The molecule has 2 nitrogen and oxygen atoms in total. The Morgan fingerprint density at radius 1 is 1.75 bits per heavy atom. The molecule has 1 aliphatic heterocycles. The van der Waals surface area contributed by atoms with Crippen LogP contribution in [0, 0.1) is 11.8 Å². The standard InChI is InChI=1S/C6H6NO/c8-6-5-3-4(5)1-2-7-6/h1-2,4H,3H2,(H,7,8).